The second-order valence-electron chi connectivity index (χ2n) is 4.74. The predicted octanol–water partition coefficient (Wildman–Crippen LogP) is 0.160. The highest BCUT2D eigenvalue weighted by atomic mass is 16.5. The van der Waals surface area contributed by atoms with Crippen LogP contribution in [0.5, 0.6) is 11.5 Å². The van der Waals surface area contributed by atoms with Crippen LogP contribution in [0.15, 0.2) is 40.2 Å². The van der Waals surface area contributed by atoms with Crippen LogP contribution in [0.2, 0.25) is 0 Å². The molecule has 1 heterocycles. The van der Waals surface area contributed by atoms with E-state index < -0.39 is 23.6 Å². The first-order chi connectivity index (χ1) is 11.0. The van der Waals surface area contributed by atoms with Crippen LogP contribution in [0.25, 0.3) is 0 Å². The zero-order valence-electron chi connectivity index (χ0n) is 12.7. The van der Waals surface area contributed by atoms with E-state index in [0.717, 1.165) is 4.57 Å². The smallest absolute Gasteiger partial charge is 0.323 e. The summed E-state index contributed by atoms with van der Waals surface area (Å²) in [5.41, 5.74) is -1.00. The predicted molar refractivity (Wildman–Crippen MR) is 81.2 cm³/mol. The van der Waals surface area contributed by atoms with E-state index >= 15 is 0 Å². The third-order valence-electron chi connectivity index (χ3n) is 3.27. The average molecular weight is 320 g/mol. The van der Waals surface area contributed by atoms with Gasteiger partial charge in [-0.25, -0.2) is 0 Å². The molecule has 0 amide bonds. The van der Waals surface area contributed by atoms with Crippen LogP contribution < -0.4 is 20.6 Å². The Balaban J connectivity index is 2.38. The Morgan fingerprint density at radius 3 is 2.35 bits per heavy atom. The van der Waals surface area contributed by atoms with Crippen LogP contribution in [0.4, 0.5) is 0 Å². The molecule has 0 saturated heterocycles. The number of benzene rings is 1. The molecule has 0 atom stereocenters. The maximum atomic E-state index is 12.1. The number of aliphatic carboxylic acids is 1. The van der Waals surface area contributed by atoms with Gasteiger partial charge in [-0.05, 0) is 12.1 Å². The summed E-state index contributed by atoms with van der Waals surface area (Å²) in [6.45, 7) is -0.435. The van der Waals surface area contributed by atoms with Crippen molar-refractivity contribution in [3.05, 3.63) is 56.9 Å². The van der Waals surface area contributed by atoms with Crippen LogP contribution in [-0.2, 0) is 17.9 Å². The second kappa shape index (κ2) is 6.82. The molecule has 1 N–H and O–H groups in total. The molecule has 0 bridgehead atoms. The lowest BCUT2D eigenvalue weighted by atomic mass is 10.2. The number of nitrogens with zero attached hydrogens (tertiary/aromatic N) is 2. The second-order valence-corrected chi connectivity index (χ2v) is 4.74. The van der Waals surface area contributed by atoms with E-state index in [4.69, 9.17) is 14.6 Å². The highest BCUT2D eigenvalue weighted by Gasteiger charge is 2.11. The van der Waals surface area contributed by atoms with Gasteiger partial charge in [-0.1, -0.05) is 0 Å². The van der Waals surface area contributed by atoms with Crippen molar-refractivity contribution in [1.29, 1.82) is 0 Å². The van der Waals surface area contributed by atoms with Crippen molar-refractivity contribution in [2.45, 2.75) is 13.1 Å². The number of aromatic nitrogens is 2. The number of carboxylic acid groups (broad SMARTS) is 1. The first-order valence-corrected chi connectivity index (χ1v) is 6.69. The summed E-state index contributed by atoms with van der Waals surface area (Å²) in [5.74, 6) is -0.0677. The van der Waals surface area contributed by atoms with Gasteiger partial charge in [-0.2, -0.15) is 0 Å². The van der Waals surface area contributed by atoms with Crippen molar-refractivity contribution in [2.75, 3.05) is 14.2 Å². The molecule has 0 aliphatic heterocycles. The fourth-order valence-electron chi connectivity index (χ4n) is 2.10. The Morgan fingerprint density at radius 1 is 1.09 bits per heavy atom. The average Bonchev–Trinajstić information content (AvgIpc) is 2.54. The quantitative estimate of drug-likeness (QED) is 0.761. The maximum absolute atomic E-state index is 12.1. The summed E-state index contributed by atoms with van der Waals surface area (Å²) in [5, 5.41) is 8.71. The van der Waals surface area contributed by atoms with E-state index in [1.165, 1.54) is 31.2 Å². The molecule has 0 fully saturated rings. The molecule has 0 saturated carbocycles. The van der Waals surface area contributed by atoms with E-state index in [-0.39, 0.29) is 6.54 Å². The van der Waals surface area contributed by atoms with Crippen LogP contribution in [0.1, 0.15) is 5.56 Å². The summed E-state index contributed by atoms with van der Waals surface area (Å²) >= 11 is 0. The molecule has 122 valence electrons. The molecular weight excluding hydrogens is 304 g/mol. The summed E-state index contributed by atoms with van der Waals surface area (Å²) in [4.78, 5) is 34.6. The van der Waals surface area contributed by atoms with E-state index in [9.17, 15) is 14.4 Å². The number of methoxy groups -OCH3 is 2. The molecule has 8 nitrogen and oxygen atoms in total. The Hall–Kier alpha value is -3.03. The molecule has 1 aromatic carbocycles. The van der Waals surface area contributed by atoms with Gasteiger partial charge in [0.25, 0.3) is 0 Å². The third kappa shape index (κ3) is 3.60. The Morgan fingerprint density at radius 2 is 1.74 bits per heavy atom. The van der Waals surface area contributed by atoms with Gasteiger partial charge in [0.15, 0.2) is 0 Å². The van der Waals surface area contributed by atoms with Gasteiger partial charge >= 0.3 is 17.1 Å². The minimum absolute atomic E-state index is 0.120. The van der Waals surface area contributed by atoms with Crippen molar-refractivity contribution in [3.8, 4) is 11.5 Å². The number of rotatable bonds is 6. The summed E-state index contributed by atoms with van der Waals surface area (Å²) in [6, 6.07) is 5.12. The molecule has 0 aliphatic rings. The lowest BCUT2D eigenvalue weighted by Gasteiger charge is -2.12. The molecule has 2 aromatic rings. The third-order valence-corrected chi connectivity index (χ3v) is 3.27. The van der Waals surface area contributed by atoms with Gasteiger partial charge in [0, 0.05) is 24.0 Å². The monoisotopic (exact) mass is 320 g/mol. The largest absolute Gasteiger partial charge is 0.497 e. The van der Waals surface area contributed by atoms with Gasteiger partial charge in [-0.3, -0.25) is 19.0 Å². The molecule has 1 aromatic heterocycles. The van der Waals surface area contributed by atoms with E-state index in [1.807, 2.05) is 0 Å². The van der Waals surface area contributed by atoms with Gasteiger partial charge < -0.3 is 19.1 Å². The summed E-state index contributed by atoms with van der Waals surface area (Å²) in [7, 11) is 3.02. The van der Waals surface area contributed by atoms with E-state index in [0.29, 0.717) is 17.1 Å². The molecule has 0 radical (unpaired) electrons. The van der Waals surface area contributed by atoms with Gasteiger partial charge in [0.05, 0.1) is 20.8 Å². The standard InChI is InChI=1S/C15H16N2O6/c1-22-11-4-3-10(12(7-11)23-2)8-16-5-6-17(9-13(18)19)15(21)14(16)20/h3-7H,8-9H2,1-2H3,(H,18,19). The van der Waals surface area contributed by atoms with Gasteiger partial charge in [0.1, 0.15) is 18.0 Å². The van der Waals surface area contributed by atoms with E-state index in [2.05, 4.69) is 0 Å². The van der Waals surface area contributed by atoms with Crippen molar-refractivity contribution in [2.24, 2.45) is 0 Å². The van der Waals surface area contributed by atoms with Crippen molar-refractivity contribution >= 4 is 5.97 Å². The van der Waals surface area contributed by atoms with E-state index in [1.54, 1.807) is 18.2 Å². The van der Waals surface area contributed by atoms with Crippen LogP contribution in [-0.4, -0.2) is 34.4 Å². The molecule has 0 aliphatic carbocycles. The van der Waals surface area contributed by atoms with Gasteiger partial charge in [-0.15, -0.1) is 0 Å². The first kappa shape index (κ1) is 16.3. The van der Waals surface area contributed by atoms with Crippen molar-refractivity contribution < 1.29 is 19.4 Å². The molecule has 2 rings (SSSR count). The lowest BCUT2D eigenvalue weighted by Crippen LogP contribution is -2.41. The lowest BCUT2D eigenvalue weighted by molar-refractivity contribution is -0.137. The zero-order valence-corrected chi connectivity index (χ0v) is 12.7. The summed E-state index contributed by atoms with van der Waals surface area (Å²) in [6.07, 6.45) is 2.64. The Bertz CT molecular complexity index is 837. The highest BCUT2D eigenvalue weighted by molar-refractivity contribution is 5.66. The number of carboxylic acids is 1. The van der Waals surface area contributed by atoms with Crippen LogP contribution in [0.3, 0.4) is 0 Å². The number of hydrogen-bond donors (Lipinski definition) is 1. The maximum Gasteiger partial charge on any atom is 0.323 e. The zero-order chi connectivity index (χ0) is 17.0. The number of hydrogen-bond acceptors (Lipinski definition) is 5. The Kier molecular flexibility index (Phi) is 4.85. The highest BCUT2D eigenvalue weighted by Crippen LogP contribution is 2.24. The van der Waals surface area contributed by atoms with Crippen molar-refractivity contribution in [1.82, 2.24) is 9.13 Å². The molecular formula is C15H16N2O6. The fourth-order valence-corrected chi connectivity index (χ4v) is 2.10. The number of carbonyl (C=O) groups is 1. The minimum atomic E-state index is -1.19. The first-order valence-electron chi connectivity index (χ1n) is 6.69. The van der Waals surface area contributed by atoms with Crippen molar-refractivity contribution in [3.63, 3.8) is 0 Å². The fraction of sp³-hybridized carbons (Fsp3) is 0.267. The SMILES string of the molecule is COc1ccc(Cn2ccn(CC(=O)O)c(=O)c2=O)c(OC)c1. The van der Waals surface area contributed by atoms with Crippen LogP contribution >= 0.6 is 0 Å². The minimum Gasteiger partial charge on any atom is -0.497 e. The van der Waals surface area contributed by atoms with Gasteiger partial charge in [0.2, 0.25) is 0 Å². The summed E-state index contributed by atoms with van der Waals surface area (Å²) < 4.78 is 12.4. The molecule has 8 heteroatoms. The molecule has 0 spiro atoms. The molecule has 23 heavy (non-hydrogen) atoms. The van der Waals surface area contributed by atoms with Crippen LogP contribution in [0, 0.1) is 0 Å². The molecule has 0 unspecified atom stereocenters. The topological polar surface area (TPSA) is 99.8 Å². The number of ether oxygens (including phenoxy) is 2. The normalized spacial score (nSPS) is 10.3. The Labute approximate surface area is 131 Å².